The molecule has 0 radical (unpaired) electrons. The summed E-state index contributed by atoms with van der Waals surface area (Å²) in [5.41, 5.74) is -4.99. The highest BCUT2D eigenvalue weighted by Gasteiger charge is 2.35. The van der Waals surface area contributed by atoms with E-state index in [2.05, 4.69) is 5.16 Å². The van der Waals surface area contributed by atoms with Gasteiger partial charge in [0, 0.05) is 13.1 Å². The molecule has 1 aromatic heterocycles. The predicted molar refractivity (Wildman–Crippen MR) is 102 cm³/mol. The fourth-order valence-electron chi connectivity index (χ4n) is 2.41. The van der Waals surface area contributed by atoms with Crippen molar-refractivity contribution in [3.63, 3.8) is 0 Å². The summed E-state index contributed by atoms with van der Waals surface area (Å²) in [7, 11) is 0.768. The Hall–Kier alpha value is -3.15. The van der Waals surface area contributed by atoms with E-state index in [4.69, 9.17) is 21.2 Å². The quantitative estimate of drug-likeness (QED) is 0.215. The Morgan fingerprint density at radius 3 is 2.39 bits per heavy atom. The van der Waals surface area contributed by atoms with Crippen LogP contribution >= 0.6 is 11.6 Å². The molecule has 0 amide bonds. The lowest BCUT2D eigenvalue weighted by Crippen LogP contribution is -2.41. The fourth-order valence-corrected chi connectivity index (χ4v) is 2.64. The number of carbonyl (C=O) groups excluding carboxylic acids is 1. The maximum atomic E-state index is 14.4. The highest BCUT2D eigenvalue weighted by molar-refractivity contribution is 6.33. The molecule has 168 valence electrons. The molecular formula is C18H16ClF4N3O5. The Labute approximate surface area is 177 Å². The molecule has 0 aliphatic carbocycles. The largest absolute Gasteiger partial charge is 0.458 e. The molecule has 0 atom stereocenters. The molecule has 0 spiro atoms. The number of rotatable bonds is 6. The number of oxime groups is 1. The summed E-state index contributed by atoms with van der Waals surface area (Å²) in [5.74, 6) is -2.25. The average Bonchev–Trinajstić information content (AvgIpc) is 2.64. The molecule has 0 bridgehead atoms. The monoisotopic (exact) mass is 465 g/mol. The fraction of sp³-hybridized carbons (Fsp3) is 0.333. The average molecular weight is 466 g/mol. The molecule has 1 heterocycles. The van der Waals surface area contributed by atoms with E-state index in [0.717, 1.165) is 13.1 Å². The molecular weight excluding hydrogens is 450 g/mol. The van der Waals surface area contributed by atoms with E-state index in [1.54, 1.807) is 13.8 Å². The first-order chi connectivity index (χ1) is 14.3. The van der Waals surface area contributed by atoms with Crippen LogP contribution in [0.5, 0.6) is 0 Å². The van der Waals surface area contributed by atoms with Gasteiger partial charge >= 0.3 is 17.8 Å². The van der Waals surface area contributed by atoms with Crippen molar-refractivity contribution in [3.8, 4) is 5.69 Å². The lowest BCUT2D eigenvalue weighted by atomic mass is 10.2. The first-order valence-corrected chi connectivity index (χ1v) is 8.92. The summed E-state index contributed by atoms with van der Waals surface area (Å²) in [5, 5.41) is 3.23. The molecule has 0 aliphatic rings. The van der Waals surface area contributed by atoms with Crippen LogP contribution in [-0.4, -0.2) is 34.0 Å². The third kappa shape index (κ3) is 5.51. The third-order valence-electron chi connectivity index (χ3n) is 3.76. The van der Waals surface area contributed by atoms with Crippen molar-refractivity contribution >= 4 is 23.3 Å². The van der Waals surface area contributed by atoms with Crippen LogP contribution in [0.25, 0.3) is 5.69 Å². The smallest absolute Gasteiger partial charge is 0.431 e. The van der Waals surface area contributed by atoms with E-state index in [1.165, 1.54) is 0 Å². The number of halogens is 5. The van der Waals surface area contributed by atoms with Gasteiger partial charge in [0.25, 0.3) is 5.56 Å². The molecule has 0 aliphatic heterocycles. The van der Waals surface area contributed by atoms with Crippen LogP contribution in [0, 0.1) is 5.82 Å². The minimum atomic E-state index is -4.98. The minimum Gasteiger partial charge on any atom is -0.458 e. The van der Waals surface area contributed by atoms with Gasteiger partial charge in [-0.05, 0) is 26.0 Å². The van der Waals surface area contributed by atoms with Gasteiger partial charge in [-0.1, -0.05) is 16.8 Å². The Balaban J connectivity index is 2.45. The van der Waals surface area contributed by atoms with Gasteiger partial charge in [-0.3, -0.25) is 9.36 Å². The first-order valence-electron chi connectivity index (χ1n) is 8.54. The van der Waals surface area contributed by atoms with Crippen LogP contribution < -0.4 is 11.2 Å². The number of carbonyl (C=O) groups is 1. The van der Waals surface area contributed by atoms with Crippen molar-refractivity contribution in [3.05, 3.63) is 61.1 Å². The number of aromatic nitrogens is 2. The minimum absolute atomic E-state index is 0.0957. The lowest BCUT2D eigenvalue weighted by molar-refractivity contribution is -0.144. The van der Waals surface area contributed by atoms with Crippen LogP contribution in [0.2, 0.25) is 5.02 Å². The van der Waals surface area contributed by atoms with Crippen molar-refractivity contribution in [2.24, 2.45) is 12.2 Å². The number of esters is 1. The van der Waals surface area contributed by atoms with Gasteiger partial charge in [0.1, 0.15) is 18.1 Å². The van der Waals surface area contributed by atoms with Crippen molar-refractivity contribution in [1.82, 2.24) is 9.13 Å². The van der Waals surface area contributed by atoms with Crippen LogP contribution in [0.4, 0.5) is 17.6 Å². The summed E-state index contributed by atoms with van der Waals surface area (Å²) in [6.07, 6.45) is -4.98. The molecule has 2 aromatic rings. The SMILES string of the molecule is CC(C)=NOCCOC(=O)c1cc(-n2c(=O)cc(C(F)(F)F)n(C)c2=O)c(F)cc1Cl. The first kappa shape index (κ1) is 24.1. The number of nitrogens with zero attached hydrogens (tertiary/aromatic N) is 3. The van der Waals surface area contributed by atoms with Crippen LogP contribution in [0.3, 0.4) is 0 Å². The Bertz CT molecular complexity index is 1150. The zero-order valence-corrected chi connectivity index (χ0v) is 17.2. The van der Waals surface area contributed by atoms with Gasteiger partial charge in [0.2, 0.25) is 0 Å². The molecule has 0 unspecified atom stereocenters. The maximum Gasteiger partial charge on any atom is 0.431 e. The summed E-state index contributed by atoms with van der Waals surface area (Å²) in [6.45, 7) is 3.01. The van der Waals surface area contributed by atoms with Gasteiger partial charge in [-0.15, -0.1) is 0 Å². The second-order valence-electron chi connectivity index (χ2n) is 6.33. The lowest BCUT2D eigenvalue weighted by Gasteiger charge is -2.15. The van der Waals surface area contributed by atoms with Gasteiger partial charge in [-0.25, -0.2) is 18.5 Å². The highest BCUT2D eigenvalue weighted by atomic mass is 35.5. The van der Waals surface area contributed by atoms with Crippen LogP contribution in [0.1, 0.15) is 29.9 Å². The molecule has 0 saturated carbocycles. The summed E-state index contributed by atoms with van der Waals surface area (Å²) >= 11 is 5.85. The number of ether oxygens (including phenoxy) is 1. The van der Waals surface area contributed by atoms with E-state index in [9.17, 15) is 31.9 Å². The Kier molecular flexibility index (Phi) is 7.26. The third-order valence-corrected chi connectivity index (χ3v) is 4.08. The van der Waals surface area contributed by atoms with Gasteiger partial charge in [-0.2, -0.15) is 13.2 Å². The second-order valence-corrected chi connectivity index (χ2v) is 6.74. The molecule has 8 nitrogen and oxygen atoms in total. The normalized spacial score (nSPS) is 11.2. The van der Waals surface area contributed by atoms with E-state index in [0.29, 0.717) is 11.8 Å². The Morgan fingerprint density at radius 1 is 1.16 bits per heavy atom. The molecule has 0 N–H and O–H groups in total. The van der Waals surface area contributed by atoms with Crippen molar-refractivity contribution in [1.29, 1.82) is 0 Å². The predicted octanol–water partition coefficient (Wildman–Crippen LogP) is 2.92. The van der Waals surface area contributed by atoms with Gasteiger partial charge < -0.3 is 9.57 Å². The number of alkyl halides is 3. The standard InChI is InChI=1S/C18H16ClF4N3O5/c1-9(2)24-31-5-4-30-16(28)10-6-13(12(20)7-11(10)19)26-15(27)8-14(18(21,22)23)25(3)17(26)29/h6-8H,4-5H2,1-3H3. The summed E-state index contributed by atoms with van der Waals surface area (Å²) in [4.78, 5) is 41.6. The maximum absolute atomic E-state index is 14.4. The Morgan fingerprint density at radius 2 is 1.81 bits per heavy atom. The zero-order valence-electron chi connectivity index (χ0n) is 16.4. The number of hydrogen-bond donors (Lipinski definition) is 0. The van der Waals surface area contributed by atoms with E-state index >= 15 is 0 Å². The van der Waals surface area contributed by atoms with Crippen molar-refractivity contribution < 1.29 is 31.9 Å². The van der Waals surface area contributed by atoms with E-state index in [1.807, 2.05) is 0 Å². The van der Waals surface area contributed by atoms with Crippen molar-refractivity contribution in [2.45, 2.75) is 20.0 Å². The molecule has 1 aromatic carbocycles. The topological polar surface area (TPSA) is 91.9 Å². The van der Waals surface area contributed by atoms with Crippen LogP contribution in [-0.2, 0) is 22.8 Å². The van der Waals surface area contributed by atoms with E-state index in [-0.39, 0.29) is 28.4 Å². The molecule has 2 rings (SSSR count). The van der Waals surface area contributed by atoms with Gasteiger partial charge in [0.15, 0.2) is 6.61 Å². The summed E-state index contributed by atoms with van der Waals surface area (Å²) < 4.78 is 58.6. The summed E-state index contributed by atoms with van der Waals surface area (Å²) in [6, 6.07) is 1.52. The number of benzene rings is 1. The highest BCUT2D eigenvalue weighted by Crippen LogP contribution is 2.27. The molecule has 0 saturated heterocycles. The molecule has 0 fully saturated rings. The second kappa shape index (κ2) is 9.33. The van der Waals surface area contributed by atoms with E-state index < -0.39 is 51.2 Å². The molecule has 31 heavy (non-hydrogen) atoms. The number of hydrogen-bond acceptors (Lipinski definition) is 6. The molecule has 13 heteroatoms. The zero-order chi connectivity index (χ0) is 23.5. The van der Waals surface area contributed by atoms with Crippen LogP contribution in [0.15, 0.2) is 32.9 Å². The van der Waals surface area contributed by atoms with Gasteiger partial charge in [0.05, 0.1) is 22.0 Å². The van der Waals surface area contributed by atoms with Crippen molar-refractivity contribution in [2.75, 3.05) is 13.2 Å².